The van der Waals surface area contributed by atoms with Crippen molar-refractivity contribution in [1.82, 2.24) is 5.32 Å². The van der Waals surface area contributed by atoms with Gasteiger partial charge in [-0.15, -0.1) is 0 Å². The number of benzene rings is 2. The summed E-state index contributed by atoms with van der Waals surface area (Å²) in [6.45, 7) is 9.46. The number of hydrogen-bond donors (Lipinski definition) is 1. The average molecular weight is 283 g/mol. The fourth-order valence-corrected chi connectivity index (χ4v) is 2.07. The zero-order valence-electron chi connectivity index (χ0n) is 13.4. The molecule has 0 radical (unpaired) electrons. The molecule has 2 rings (SSSR count). The molecular formula is C19H25NO. The van der Waals surface area contributed by atoms with Gasteiger partial charge in [0.25, 0.3) is 0 Å². The molecule has 0 unspecified atom stereocenters. The molecular weight excluding hydrogens is 258 g/mol. The maximum absolute atomic E-state index is 6.08. The maximum atomic E-state index is 6.08. The second-order valence-corrected chi connectivity index (χ2v) is 6.31. The van der Waals surface area contributed by atoms with Crippen molar-refractivity contribution in [2.24, 2.45) is 0 Å². The minimum Gasteiger partial charge on any atom is -0.457 e. The average Bonchev–Trinajstić information content (AvgIpc) is 2.46. The third-order valence-corrected chi connectivity index (χ3v) is 3.32. The number of ether oxygens (including phenoxy) is 1. The molecule has 0 aromatic heterocycles. The second-order valence-electron chi connectivity index (χ2n) is 6.31. The van der Waals surface area contributed by atoms with Gasteiger partial charge < -0.3 is 10.1 Å². The monoisotopic (exact) mass is 283 g/mol. The van der Waals surface area contributed by atoms with Crippen molar-refractivity contribution < 1.29 is 4.74 Å². The van der Waals surface area contributed by atoms with Gasteiger partial charge in [-0.3, -0.25) is 0 Å². The van der Waals surface area contributed by atoms with E-state index in [0.717, 1.165) is 24.5 Å². The highest BCUT2D eigenvalue weighted by atomic mass is 16.5. The zero-order chi connectivity index (χ0) is 15.3. The minimum absolute atomic E-state index is 0.0925. The van der Waals surface area contributed by atoms with Crippen molar-refractivity contribution in [3.8, 4) is 11.5 Å². The normalized spacial score (nSPS) is 11.4. The van der Waals surface area contributed by atoms with Gasteiger partial charge in [-0.1, -0.05) is 37.3 Å². The lowest BCUT2D eigenvalue weighted by molar-refractivity contribution is 0.414. The van der Waals surface area contributed by atoms with Crippen molar-refractivity contribution in [3.05, 3.63) is 59.7 Å². The third kappa shape index (κ3) is 4.91. The van der Waals surface area contributed by atoms with Crippen molar-refractivity contribution >= 4 is 0 Å². The van der Waals surface area contributed by atoms with Gasteiger partial charge in [-0.25, -0.2) is 0 Å². The number of hydrogen-bond acceptors (Lipinski definition) is 2. The zero-order valence-corrected chi connectivity index (χ0v) is 13.4. The summed E-state index contributed by atoms with van der Waals surface area (Å²) in [6.07, 6.45) is 1.02. The first-order valence-corrected chi connectivity index (χ1v) is 7.57. The summed E-state index contributed by atoms with van der Waals surface area (Å²) in [6, 6.07) is 16.5. The molecule has 0 atom stereocenters. The summed E-state index contributed by atoms with van der Waals surface area (Å²) < 4.78 is 6.08. The molecule has 0 aliphatic rings. The van der Waals surface area contributed by atoms with Crippen LogP contribution in [0.2, 0.25) is 0 Å². The Morgan fingerprint density at radius 2 is 1.76 bits per heavy atom. The topological polar surface area (TPSA) is 21.3 Å². The van der Waals surface area contributed by atoms with E-state index in [9.17, 15) is 0 Å². The second kappa shape index (κ2) is 6.77. The van der Waals surface area contributed by atoms with Crippen LogP contribution in [0.15, 0.2) is 48.5 Å². The van der Waals surface area contributed by atoms with Crippen molar-refractivity contribution in [2.45, 2.75) is 46.2 Å². The molecule has 0 aliphatic heterocycles. The van der Waals surface area contributed by atoms with Crippen LogP contribution in [0.1, 0.15) is 38.8 Å². The Morgan fingerprint density at radius 1 is 1.00 bits per heavy atom. The molecule has 21 heavy (non-hydrogen) atoms. The summed E-state index contributed by atoms with van der Waals surface area (Å²) in [5.74, 6) is 1.82. The Bertz CT molecular complexity index is 584. The third-order valence-electron chi connectivity index (χ3n) is 3.32. The highest BCUT2D eigenvalue weighted by Gasteiger charge is 2.11. The largest absolute Gasteiger partial charge is 0.457 e. The summed E-state index contributed by atoms with van der Waals surface area (Å²) in [7, 11) is 0. The van der Waals surface area contributed by atoms with Gasteiger partial charge in [0, 0.05) is 17.6 Å². The molecule has 1 N–H and O–H groups in total. The van der Waals surface area contributed by atoms with E-state index in [1.807, 2.05) is 24.3 Å². The van der Waals surface area contributed by atoms with E-state index >= 15 is 0 Å². The fourth-order valence-electron chi connectivity index (χ4n) is 2.07. The Balaban J connectivity index is 2.15. The van der Waals surface area contributed by atoms with Gasteiger partial charge >= 0.3 is 0 Å². The lowest BCUT2D eigenvalue weighted by Crippen LogP contribution is -2.35. The van der Waals surface area contributed by atoms with Gasteiger partial charge in [0.15, 0.2) is 0 Å². The van der Waals surface area contributed by atoms with E-state index in [-0.39, 0.29) is 5.54 Å². The Hall–Kier alpha value is -1.80. The van der Waals surface area contributed by atoms with Crippen molar-refractivity contribution in [2.75, 3.05) is 0 Å². The summed E-state index contributed by atoms with van der Waals surface area (Å²) in [5.41, 5.74) is 2.56. The number of para-hydroxylation sites is 1. The summed E-state index contributed by atoms with van der Waals surface area (Å²) in [5, 5.41) is 3.51. The molecule has 0 saturated carbocycles. The number of nitrogens with one attached hydrogen (secondary N) is 1. The van der Waals surface area contributed by atoms with Crippen molar-refractivity contribution in [1.29, 1.82) is 0 Å². The Labute approximate surface area is 128 Å². The fraction of sp³-hybridized carbons (Fsp3) is 0.368. The molecule has 2 aromatic rings. The summed E-state index contributed by atoms with van der Waals surface area (Å²) in [4.78, 5) is 0. The Morgan fingerprint density at radius 3 is 2.48 bits per heavy atom. The molecule has 0 saturated heterocycles. The van der Waals surface area contributed by atoms with E-state index in [0.29, 0.717) is 0 Å². The van der Waals surface area contributed by atoms with Crippen LogP contribution in [-0.2, 0) is 13.0 Å². The van der Waals surface area contributed by atoms with Gasteiger partial charge in [-0.05, 0) is 51.0 Å². The predicted octanol–water partition coefficient (Wildman–Crippen LogP) is 4.93. The highest BCUT2D eigenvalue weighted by molar-refractivity contribution is 5.39. The predicted molar refractivity (Wildman–Crippen MR) is 88.9 cm³/mol. The van der Waals surface area contributed by atoms with Crippen LogP contribution in [0.3, 0.4) is 0 Å². The highest BCUT2D eigenvalue weighted by Crippen LogP contribution is 2.26. The molecule has 2 nitrogen and oxygen atoms in total. The molecule has 112 valence electrons. The van der Waals surface area contributed by atoms with Crippen LogP contribution >= 0.6 is 0 Å². The first-order valence-electron chi connectivity index (χ1n) is 7.57. The quantitative estimate of drug-likeness (QED) is 0.840. The first kappa shape index (κ1) is 15.6. The van der Waals surface area contributed by atoms with E-state index in [1.54, 1.807) is 0 Å². The van der Waals surface area contributed by atoms with Gasteiger partial charge in [0.05, 0.1) is 0 Å². The van der Waals surface area contributed by atoms with Crippen LogP contribution in [0, 0.1) is 0 Å². The molecule has 0 aliphatic carbocycles. The van der Waals surface area contributed by atoms with Crippen molar-refractivity contribution in [3.63, 3.8) is 0 Å². The Kier molecular flexibility index (Phi) is 5.03. The number of aryl methyl sites for hydroxylation is 1. The molecule has 0 amide bonds. The minimum atomic E-state index is 0.0925. The molecule has 2 heteroatoms. The van der Waals surface area contributed by atoms with Gasteiger partial charge in [-0.2, -0.15) is 0 Å². The van der Waals surface area contributed by atoms with Crippen LogP contribution in [0.5, 0.6) is 11.5 Å². The lowest BCUT2D eigenvalue weighted by Gasteiger charge is -2.21. The van der Waals surface area contributed by atoms with Crippen LogP contribution in [0.25, 0.3) is 0 Å². The van der Waals surface area contributed by atoms with E-state index in [4.69, 9.17) is 4.74 Å². The summed E-state index contributed by atoms with van der Waals surface area (Å²) >= 11 is 0. The SMILES string of the molecule is CCc1cccc(Oc2ccccc2CNC(C)(C)C)c1. The standard InChI is InChI=1S/C19H25NO/c1-5-15-9-8-11-17(13-15)21-18-12-7-6-10-16(18)14-20-19(2,3)4/h6-13,20H,5,14H2,1-4H3. The van der Waals surface area contributed by atoms with E-state index in [2.05, 4.69) is 57.3 Å². The number of rotatable bonds is 5. The van der Waals surface area contributed by atoms with E-state index < -0.39 is 0 Å². The van der Waals surface area contributed by atoms with Crippen LogP contribution in [0.4, 0.5) is 0 Å². The maximum Gasteiger partial charge on any atom is 0.131 e. The first-order chi connectivity index (χ1) is 9.98. The molecule has 0 fully saturated rings. The molecule has 0 heterocycles. The lowest BCUT2D eigenvalue weighted by atomic mass is 10.1. The van der Waals surface area contributed by atoms with Crippen LogP contribution in [-0.4, -0.2) is 5.54 Å². The van der Waals surface area contributed by atoms with E-state index in [1.165, 1.54) is 11.1 Å². The van der Waals surface area contributed by atoms with Crippen LogP contribution < -0.4 is 10.1 Å². The molecule has 0 bridgehead atoms. The smallest absolute Gasteiger partial charge is 0.131 e. The molecule has 0 spiro atoms. The van der Waals surface area contributed by atoms with Gasteiger partial charge in [0.1, 0.15) is 11.5 Å². The molecule has 2 aromatic carbocycles. The van der Waals surface area contributed by atoms with Gasteiger partial charge in [0.2, 0.25) is 0 Å².